The maximum absolute atomic E-state index is 12.6. The van der Waals surface area contributed by atoms with Gasteiger partial charge in [-0.3, -0.25) is 9.69 Å². The molecule has 3 atom stereocenters. The SMILES string of the molecule is Cl.Cl.O=C(CC1CC2CCC(C1)N2)NCC(c1ccccc1Cl)N1CCOCC1. The maximum Gasteiger partial charge on any atom is 0.220 e. The van der Waals surface area contributed by atoms with Crippen LogP contribution >= 0.6 is 36.4 Å². The van der Waals surface area contributed by atoms with Crippen molar-refractivity contribution < 1.29 is 9.53 Å². The van der Waals surface area contributed by atoms with Crippen molar-refractivity contribution in [1.82, 2.24) is 15.5 Å². The molecular formula is C21H32Cl3N3O2. The fourth-order valence-corrected chi connectivity index (χ4v) is 5.22. The minimum Gasteiger partial charge on any atom is -0.379 e. The quantitative estimate of drug-likeness (QED) is 0.675. The van der Waals surface area contributed by atoms with Gasteiger partial charge in [0.25, 0.3) is 0 Å². The number of ether oxygens (including phenoxy) is 1. The highest BCUT2D eigenvalue weighted by atomic mass is 35.5. The summed E-state index contributed by atoms with van der Waals surface area (Å²) in [5.41, 5.74) is 1.08. The number of nitrogens with zero attached hydrogens (tertiary/aromatic N) is 1. The number of morpholine rings is 1. The third-order valence-electron chi connectivity index (χ3n) is 6.29. The summed E-state index contributed by atoms with van der Waals surface area (Å²) in [4.78, 5) is 15.0. The predicted molar refractivity (Wildman–Crippen MR) is 121 cm³/mol. The third kappa shape index (κ3) is 6.46. The van der Waals surface area contributed by atoms with Crippen molar-refractivity contribution in [3.8, 4) is 0 Å². The summed E-state index contributed by atoms with van der Waals surface area (Å²) in [7, 11) is 0. The average Bonchev–Trinajstić information content (AvgIpc) is 3.02. The Morgan fingerprint density at radius 3 is 2.48 bits per heavy atom. The van der Waals surface area contributed by atoms with Crippen molar-refractivity contribution in [1.29, 1.82) is 0 Å². The number of benzene rings is 1. The molecule has 1 aromatic carbocycles. The molecule has 4 rings (SSSR count). The molecule has 1 aromatic rings. The number of halogens is 3. The fraction of sp³-hybridized carbons (Fsp3) is 0.667. The Bertz CT molecular complexity index is 646. The smallest absolute Gasteiger partial charge is 0.220 e. The monoisotopic (exact) mass is 463 g/mol. The largest absolute Gasteiger partial charge is 0.379 e. The van der Waals surface area contributed by atoms with E-state index in [1.54, 1.807) is 0 Å². The zero-order valence-electron chi connectivity index (χ0n) is 16.6. The zero-order valence-corrected chi connectivity index (χ0v) is 19.0. The first-order valence-electron chi connectivity index (χ1n) is 10.3. The van der Waals surface area contributed by atoms with E-state index in [-0.39, 0.29) is 36.8 Å². The van der Waals surface area contributed by atoms with Crippen molar-refractivity contribution in [2.24, 2.45) is 5.92 Å². The van der Waals surface area contributed by atoms with Gasteiger partial charge < -0.3 is 15.4 Å². The van der Waals surface area contributed by atoms with Gasteiger partial charge in [0.2, 0.25) is 5.91 Å². The second-order valence-corrected chi connectivity index (χ2v) is 8.58. The van der Waals surface area contributed by atoms with Gasteiger partial charge >= 0.3 is 0 Å². The van der Waals surface area contributed by atoms with Gasteiger partial charge in [-0.2, -0.15) is 0 Å². The van der Waals surface area contributed by atoms with Crippen molar-refractivity contribution >= 4 is 42.3 Å². The second-order valence-electron chi connectivity index (χ2n) is 8.17. The summed E-state index contributed by atoms with van der Waals surface area (Å²) in [6, 6.07) is 9.32. The number of rotatable bonds is 6. The average molecular weight is 465 g/mol. The van der Waals surface area contributed by atoms with Crippen molar-refractivity contribution in [3.05, 3.63) is 34.9 Å². The molecule has 0 aliphatic carbocycles. The number of carbonyl (C=O) groups is 1. The molecule has 3 unspecified atom stereocenters. The van der Waals surface area contributed by atoms with Gasteiger partial charge in [-0.15, -0.1) is 24.8 Å². The van der Waals surface area contributed by atoms with Gasteiger partial charge in [-0.25, -0.2) is 0 Å². The van der Waals surface area contributed by atoms with Crippen LogP contribution in [0, 0.1) is 5.92 Å². The molecule has 0 radical (unpaired) electrons. The first kappa shape index (κ1) is 24.7. The molecule has 8 heteroatoms. The summed E-state index contributed by atoms with van der Waals surface area (Å²) in [6.45, 7) is 3.78. The number of hydrogen-bond acceptors (Lipinski definition) is 4. The molecule has 3 aliphatic heterocycles. The molecule has 3 saturated heterocycles. The maximum atomic E-state index is 12.6. The first-order chi connectivity index (χ1) is 13.2. The van der Waals surface area contributed by atoms with Gasteiger partial charge in [0.15, 0.2) is 0 Å². The van der Waals surface area contributed by atoms with E-state index < -0.39 is 0 Å². The number of nitrogens with one attached hydrogen (secondary N) is 2. The minimum absolute atomic E-state index is 0. The van der Waals surface area contributed by atoms with Crippen LogP contribution in [-0.4, -0.2) is 55.7 Å². The standard InChI is InChI=1S/C21H30ClN3O2.2ClH/c22-19-4-2-1-3-18(19)20(25-7-9-27-10-8-25)14-23-21(26)13-15-11-16-5-6-17(12-15)24-16;;/h1-4,15-17,20,24H,5-14H2,(H,23,26);2*1H. The Kier molecular flexibility index (Phi) is 9.99. The Labute approximate surface area is 191 Å². The molecule has 2 N–H and O–H groups in total. The van der Waals surface area contributed by atoms with E-state index in [1.807, 2.05) is 18.2 Å². The Morgan fingerprint density at radius 1 is 1.17 bits per heavy atom. The van der Waals surface area contributed by atoms with Crippen molar-refractivity contribution in [2.75, 3.05) is 32.8 Å². The molecule has 3 fully saturated rings. The molecule has 29 heavy (non-hydrogen) atoms. The lowest BCUT2D eigenvalue weighted by Crippen LogP contribution is -2.44. The Hall–Kier alpha value is -0.560. The van der Waals surface area contributed by atoms with Crippen LogP contribution in [0.15, 0.2) is 24.3 Å². The van der Waals surface area contributed by atoms with Crippen LogP contribution < -0.4 is 10.6 Å². The van der Waals surface area contributed by atoms with Gasteiger partial charge in [0, 0.05) is 43.2 Å². The van der Waals surface area contributed by atoms with Crippen LogP contribution in [0.3, 0.4) is 0 Å². The molecule has 1 amide bonds. The van der Waals surface area contributed by atoms with Gasteiger partial charge in [-0.05, 0) is 43.2 Å². The summed E-state index contributed by atoms with van der Waals surface area (Å²) < 4.78 is 5.50. The van der Waals surface area contributed by atoms with Gasteiger partial charge in [0.1, 0.15) is 0 Å². The number of hydrogen-bond donors (Lipinski definition) is 2. The predicted octanol–water partition coefficient (Wildman–Crippen LogP) is 3.59. The van der Waals surface area contributed by atoms with Crippen LogP contribution in [0.25, 0.3) is 0 Å². The number of amides is 1. The molecule has 3 aliphatic rings. The van der Waals surface area contributed by atoms with Crippen LogP contribution in [-0.2, 0) is 9.53 Å². The van der Waals surface area contributed by atoms with Gasteiger partial charge in [0.05, 0.1) is 19.3 Å². The molecule has 3 heterocycles. The molecule has 164 valence electrons. The highest BCUT2D eigenvalue weighted by Crippen LogP contribution is 2.33. The molecule has 2 bridgehead atoms. The zero-order chi connectivity index (χ0) is 18.6. The van der Waals surface area contributed by atoms with E-state index in [9.17, 15) is 4.79 Å². The van der Waals surface area contributed by atoms with E-state index in [1.165, 1.54) is 12.8 Å². The lowest BCUT2D eigenvalue weighted by molar-refractivity contribution is -0.122. The minimum atomic E-state index is 0. The van der Waals surface area contributed by atoms with Crippen LogP contribution in [0.1, 0.15) is 43.7 Å². The molecule has 0 spiro atoms. The molecular weight excluding hydrogens is 433 g/mol. The summed E-state index contributed by atoms with van der Waals surface area (Å²) in [5, 5.41) is 7.61. The topological polar surface area (TPSA) is 53.6 Å². The normalized spacial score (nSPS) is 27.4. The van der Waals surface area contributed by atoms with Crippen LogP contribution in [0.5, 0.6) is 0 Å². The first-order valence-corrected chi connectivity index (χ1v) is 10.7. The van der Waals surface area contributed by atoms with E-state index in [0.717, 1.165) is 49.7 Å². The van der Waals surface area contributed by atoms with E-state index >= 15 is 0 Å². The fourth-order valence-electron chi connectivity index (χ4n) is 4.96. The number of carbonyl (C=O) groups excluding carboxylic acids is 1. The Morgan fingerprint density at radius 2 is 1.83 bits per heavy atom. The van der Waals surface area contributed by atoms with E-state index in [4.69, 9.17) is 16.3 Å². The van der Waals surface area contributed by atoms with Crippen LogP contribution in [0.2, 0.25) is 5.02 Å². The Balaban J connectivity index is 0.00000150. The summed E-state index contributed by atoms with van der Waals surface area (Å²) in [5.74, 6) is 0.692. The molecule has 5 nitrogen and oxygen atoms in total. The third-order valence-corrected chi connectivity index (χ3v) is 6.63. The van der Waals surface area contributed by atoms with Crippen molar-refractivity contribution in [2.45, 2.75) is 50.2 Å². The summed E-state index contributed by atoms with van der Waals surface area (Å²) in [6.07, 6.45) is 5.47. The second kappa shape index (κ2) is 11.7. The van der Waals surface area contributed by atoms with E-state index in [2.05, 4.69) is 21.6 Å². The number of piperidine rings is 1. The summed E-state index contributed by atoms with van der Waals surface area (Å²) >= 11 is 6.47. The lowest BCUT2D eigenvalue weighted by atomic mass is 9.89. The van der Waals surface area contributed by atoms with Crippen molar-refractivity contribution in [3.63, 3.8) is 0 Å². The molecule has 0 aromatic heterocycles. The van der Waals surface area contributed by atoms with Crippen LogP contribution in [0.4, 0.5) is 0 Å². The lowest BCUT2D eigenvalue weighted by Gasteiger charge is -2.35. The highest BCUT2D eigenvalue weighted by Gasteiger charge is 2.34. The number of fused-ring (bicyclic) bond motifs is 2. The highest BCUT2D eigenvalue weighted by molar-refractivity contribution is 6.31. The molecule has 0 saturated carbocycles. The van der Waals surface area contributed by atoms with E-state index in [0.29, 0.717) is 31.0 Å². The van der Waals surface area contributed by atoms with Gasteiger partial charge in [-0.1, -0.05) is 29.8 Å².